The average molecular weight is 1520 g/mol. The molecule has 0 saturated carbocycles. The topological polar surface area (TPSA) is 331 Å². The standard InChI is InChI=1S/C68H133N11O10P4S4/c1-43(2)33-50(71-60(81)49(69)39-94-29-25-90(13,14)15)61(82)73-54(37-47(9)10)65(86)78-57(41-96-31-27-92(19,20)21)68(89)76-52(35-45(5)6)63(84)74-55(38-48(11)12)66(87)79-58(42-97-32-28-93(22,23)24)67(88)75-51(34-44(3)4)62(83)72-53(36-46(7)8)64(85)77-56(59(70)80)40-95-30-26-91(16,17)18/h43-58H,25-42,69H2,1-24H3,(H7-4,70,71,72,73,74,75,76,77,78,79,80,81,82,83,84,85,86,87,88,89)/p+4/t49-,50-,51-,52-,53-,54-,55-,56-,57-,58-/m0/s1. The summed E-state index contributed by atoms with van der Waals surface area (Å²) in [5.74, 6) is -2.50. The highest BCUT2D eigenvalue weighted by atomic mass is 32.2. The first-order valence-electron chi connectivity index (χ1n) is 34.8. The molecule has 10 amide bonds. The SMILES string of the molecule is CC(C)C[C@H](NC(=O)[C@H](CC(C)C)NC(=O)[C@H](CSCC[P+](C)(C)C)NC(=O)[C@H](CC(C)C)NC(=O)[C@H](CC(C)C)NC(=O)[C@H](CSCC[P+](C)(C)C)NC(=O)[C@H](CC(C)C)NC(=O)[C@H](CC(C)C)NC(=O)[C@@H](N)CSCC[P+](C)(C)C)C(=O)N[C@@H](CSCC[P+](C)(C)C)C(N)=O. The lowest BCUT2D eigenvalue weighted by Crippen LogP contribution is -2.61. The Morgan fingerprint density at radius 2 is 0.433 bits per heavy atom. The predicted molar refractivity (Wildman–Crippen MR) is 429 cm³/mol. The Morgan fingerprint density at radius 1 is 0.268 bits per heavy atom. The maximum Gasteiger partial charge on any atom is 0.244 e. The molecule has 97 heavy (non-hydrogen) atoms. The van der Waals surface area contributed by atoms with Crippen molar-refractivity contribution in [2.75, 3.05) is 151 Å². The van der Waals surface area contributed by atoms with Crippen LogP contribution < -0.4 is 59.3 Å². The van der Waals surface area contributed by atoms with Crippen molar-refractivity contribution in [2.45, 2.75) is 182 Å². The maximum absolute atomic E-state index is 14.8. The molecular formula is C68H137N11O10P4S4+4. The summed E-state index contributed by atoms with van der Waals surface area (Å²) in [6.45, 7) is 49.7. The second kappa shape index (κ2) is 47.2. The molecule has 0 aliphatic carbocycles. The van der Waals surface area contributed by atoms with E-state index in [1.165, 1.54) is 35.3 Å². The number of carbonyl (C=O) groups excluding carboxylic acids is 10. The Kier molecular flexibility index (Phi) is 46.1. The second-order valence-corrected chi connectivity index (χ2v) is 57.4. The molecule has 0 unspecified atom stereocenters. The minimum absolute atomic E-state index is 0.00396. The monoisotopic (exact) mass is 1520 g/mol. The summed E-state index contributed by atoms with van der Waals surface area (Å²) in [4.78, 5) is 143. The summed E-state index contributed by atoms with van der Waals surface area (Å²) in [5.41, 5.74) is 12.1. The van der Waals surface area contributed by atoms with Gasteiger partial charge in [-0.25, -0.2) is 0 Å². The number of primary amides is 1. The summed E-state index contributed by atoms with van der Waals surface area (Å²) in [7, 11) is -4.51. The van der Waals surface area contributed by atoms with Gasteiger partial charge < -0.3 is 59.3 Å². The average Bonchev–Trinajstić information content (AvgIpc) is 0.866. The molecule has 13 N–H and O–H groups in total. The zero-order valence-electron chi connectivity index (χ0n) is 64.1. The number of rotatable bonds is 51. The Balaban J connectivity index is 7.21. The molecule has 0 aromatic carbocycles. The molecule has 0 rings (SSSR count). The van der Waals surface area contributed by atoms with Crippen LogP contribution in [0.15, 0.2) is 0 Å². The van der Waals surface area contributed by atoms with E-state index in [0.717, 1.165) is 36.2 Å². The van der Waals surface area contributed by atoms with Crippen molar-refractivity contribution in [2.24, 2.45) is 47.0 Å². The van der Waals surface area contributed by atoms with Gasteiger partial charge in [0.05, 0.1) is 30.7 Å². The van der Waals surface area contributed by atoms with Gasteiger partial charge in [0, 0.05) is 155 Å². The van der Waals surface area contributed by atoms with Gasteiger partial charge in [-0.05, 0) is 74.0 Å². The molecular weight excluding hydrogens is 1380 g/mol. The van der Waals surface area contributed by atoms with E-state index in [4.69, 9.17) is 11.5 Å². The van der Waals surface area contributed by atoms with E-state index in [-0.39, 0.29) is 91.3 Å². The van der Waals surface area contributed by atoms with Crippen molar-refractivity contribution in [3.8, 4) is 0 Å². The van der Waals surface area contributed by atoms with E-state index >= 15 is 0 Å². The van der Waals surface area contributed by atoms with Gasteiger partial charge in [0.1, 0.15) is 54.4 Å². The molecule has 0 aromatic rings. The molecule has 10 atom stereocenters. The minimum atomic E-state index is -1.23. The molecule has 0 radical (unpaired) electrons. The van der Waals surface area contributed by atoms with Crippen LogP contribution in [-0.2, 0) is 47.9 Å². The van der Waals surface area contributed by atoms with Crippen LogP contribution in [-0.4, -0.2) is 270 Å². The second-order valence-electron chi connectivity index (χ2n) is 32.7. The number of hydrogen-bond acceptors (Lipinski definition) is 15. The number of hydrogen-bond donors (Lipinski definition) is 11. The highest BCUT2D eigenvalue weighted by molar-refractivity contribution is 8.00. The molecule has 0 saturated heterocycles. The van der Waals surface area contributed by atoms with Crippen LogP contribution in [0.25, 0.3) is 0 Å². The van der Waals surface area contributed by atoms with E-state index in [1.807, 2.05) is 83.1 Å². The van der Waals surface area contributed by atoms with Crippen LogP contribution in [0, 0.1) is 35.5 Å². The van der Waals surface area contributed by atoms with Gasteiger partial charge in [0.2, 0.25) is 59.1 Å². The normalized spacial score (nSPS) is 15.5. The number of nitrogens with two attached hydrogens (primary N) is 2. The van der Waals surface area contributed by atoms with Gasteiger partial charge in [0.25, 0.3) is 0 Å². The molecule has 0 aliphatic heterocycles. The molecule has 21 nitrogen and oxygen atoms in total. The first-order chi connectivity index (χ1) is 44.5. The molecule has 29 heteroatoms. The van der Waals surface area contributed by atoms with E-state index < -0.39 is 149 Å². The molecule has 0 heterocycles. The van der Waals surface area contributed by atoms with Crippen LogP contribution in [0.3, 0.4) is 0 Å². The third kappa shape index (κ3) is 46.9. The molecule has 0 aliphatic rings. The zero-order chi connectivity index (χ0) is 74.9. The third-order valence-corrected chi connectivity index (χ3v) is 26.8. The molecule has 0 bridgehead atoms. The summed E-state index contributed by atoms with van der Waals surface area (Å²) in [6, 6.07) is -10.8. The van der Waals surface area contributed by atoms with Crippen LogP contribution in [0.5, 0.6) is 0 Å². The lowest BCUT2D eigenvalue weighted by Gasteiger charge is -2.29. The first-order valence-corrected chi connectivity index (χ1v) is 52.7. The molecule has 564 valence electrons. The Bertz CT molecular complexity index is 2440. The fraction of sp³-hybridized carbons (Fsp3) is 0.853. The lowest BCUT2D eigenvalue weighted by molar-refractivity contribution is -0.136. The molecule has 0 fully saturated rings. The minimum Gasteiger partial charge on any atom is -0.368 e. The smallest absolute Gasteiger partial charge is 0.244 e. The summed E-state index contributed by atoms with van der Waals surface area (Å²) in [6.07, 6.45) is 5.12. The van der Waals surface area contributed by atoms with Crippen LogP contribution in [0.2, 0.25) is 0 Å². The zero-order valence-corrected chi connectivity index (χ0v) is 71.0. The van der Waals surface area contributed by atoms with Crippen molar-refractivity contribution in [3.63, 3.8) is 0 Å². The Morgan fingerprint density at radius 3 is 0.629 bits per heavy atom. The van der Waals surface area contributed by atoms with Gasteiger partial charge in [-0.2, -0.15) is 47.0 Å². The van der Waals surface area contributed by atoms with Crippen molar-refractivity contribution in [1.82, 2.24) is 47.9 Å². The summed E-state index contributed by atoms with van der Waals surface area (Å²) < 4.78 is 0. The van der Waals surface area contributed by atoms with Gasteiger partial charge in [-0.1, -0.05) is 83.1 Å². The van der Waals surface area contributed by atoms with Crippen LogP contribution in [0.1, 0.15) is 122 Å². The van der Waals surface area contributed by atoms with Gasteiger partial charge in [0.15, 0.2) is 0 Å². The predicted octanol–water partition coefficient (Wildman–Crippen LogP) is 7.00. The van der Waals surface area contributed by atoms with Crippen molar-refractivity contribution in [1.29, 1.82) is 0 Å². The Labute approximate surface area is 606 Å². The van der Waals surface area contributed by atoms with Gasteiger partial charge in [-0.3, -0.25) is 47.9 Å². The van der Waals surface area contributed by atoms with Crippen LogP contribution >= 0.6 is 76.1 Å². The molecule has 0 aromatic heterocycles. The highest BCUT2D eigenvalue weighted by Crippen LogP contribution is 2.48. The van der Waals surface area contributed by atoms with Gasteiger partial charge >= 0.3 is 0 Å². The third-order valence-electron chi connectivity index (χ3n) is 15.1. The van der Waals surface area contributed by atoms with Crippen LogP contribution in [0.4, 0.5) is 0 Å². The van der Waals surface area contributed by atoms with E-state index in [0.29, 0.717) is 17.3 Å². The number of nitrogens with one attached hydrogen (secondary N) is 9. The maximum atomic E-state index is 14.8. The highest BCUT2D eigenvalue weighted by Gasteiger charge is 2.38. The van der Waals surface area contributed by atoms with E-state index in [9.17, 15) is 47.9 Å². The lowest BCUT2D eigenvalue weighted by atomic mass is 9.99. The van der Waals surface area contributed by atoms with Crippen molar-refractivity contribution in [3.05, 3.63) is 0 Å². The largest absolute Gasteiger partial charge is 0.368 e. The number of carbonyl (C=O) groups is 10. The molecule has 0 spiro atoms. The Hall–Kier alpha value is -2.22. The van der Waals surface area contributed by atoms with Crippen molar-refractivity contribution >= 4 is 135 Å². The van der Waals surface area contributed by atoms with Gasteiger partial charge in [-0.15, -0.1) is 0 Å². The van der Waals surface area contributed by atoms with E-state index in [1.54, 1.807) is 11.8 Å². The fourth-order valence-corrected chi connectivity index (χ4v) is 22.8. The quantitative estimate of drug-likeness (QED) is 0.0216. The fourth-order valence-electron chi connectivity index (χ4n) is 9.48. The first kappa shape index (κ1) is 94.8. The summed E-state index contributed by atoms with van der Waals surface area (Å²) >= 11 is 6.14. The summed E-state index contributed by atoms with van der Waals surface area (Å²) in [5, 5.41) is 26.1. The van der Waals surface area contributed by atoms with E-state index in [2.05, 4.69) is 128 Å². The van der Waals surface area contributed by atoms with Crippen molar-refractivity contribution < 1.29 is 47.9 Å². The number of thioether (sulfide) groups is 4. The number of amides is 10.